The first kappa shape index (κ1) is 16.6. The molecule has 0 radical (unpaired) electrons. The average Bonchev–Trinajstić information content (AvgIpc) is 2.89. The van der Waals surface area contributed by atoms with Crippen LogP contribution in [0.1, 0.15) is 13.3 Å². The molecule has 0 saturated carbocycles. The van der Waals surface area contributed by atoms with Crippen LogP contribution in [0.4, 0.5) is 0 Å². The SMILES string of the molecule is CCSC[C@@H](C(=O)N1CCOCC1)N1CC[C@H](NC)C1=O. The van der Waals surface area contributed by atoms with Crippen molar-refractivity contribution in [3.8, 4) is 0 Å². The molecule has 0 unspecified atom stereocenters. The number of carbonyl (C=O) groups excluding carboxylic acids is 2. The molecule has 2 aliphatic rings. The summed E-state index contributed by atoms with van der Waals surface area (Å²) < 4.78 is 5.30. The number of amides is 2. The summed E-state index contributed by atoms with van der Waals surface area (Å²) in [6, 6.07) is -0.476. The van der Waals surface area contributed by atoms with Crippen LogP contribution in [0.2, 0.25) is 0 Å². The highest BCUT2D eigenvalue weighted by molar-refractivity contribution is 7.99. The molecule has 2 heterocycles. The fraction of sp³-hybridized carbons (Fsp3) is 0.857. The minimum Gasteiger partial charge on any atom is -0.378 e. The molecule has 2 amide bonds. The molecule has 0 aromatic carbocycles. The van der Waals surface area contributed by atoms with Crippen molar-refractivity contribution in [2.75, 3.05) is 51.4 Å². The van der Waals surface area contributed by atoms with Gasteiger partial charge in [-0.1, -0.05) is 6.92 Å². The van der Waals surface area contributed by atoms with Gasteiger partial charge in [0.05, 0.1) is 19.3 Å². The van der Waals surface area contributed by atoms with Gasteiger partial charge in [-0.15, -0.1) is 0 Å². The summed E-state index contributed by atoms with van der Waals surface area (Å²) in [5.41, 5.74) is 0. The van der Waals surface area contributed by atoms with Gasteiger partial charge in [0, 0.05) is 25.4 Å². The monoisotopic (exact) mass is 315 g/mol. The van der Waals surface area contributed by atoms with Crippen molar-refractivity contribution in [1.29, 1.82) is 0 Å². The Balaban J connectivity index is 2.06. The Hall–Kier alpha value is -0.790. The van der Waals surface area contributed by atoms with Gasteiger partial charge in [0.25, 0.3) is 0 Å². The van der Waals surface area contributed by atoms with E-state index in [9.17, 15) is 9.59 Å². The Morgan fingerprint density at radius 3 is 2.71 bits per heavy atom. The minimum atomic E-state index is -0.334. The second-order valence-corrected chi connectivity index (χ2v) is 6.59. The molecule has 2 rings (SSSR count). The molecular formula is C14H25N3O3S. The number of rotatable bonds is 6. The molecule has 2 aliphatic heterocycles. The van der Waals surface area contributed by atoms with E-state index < -0.39 is 0 Å². The summed E-state index contributed by atoms with van der Waals surface area (Å²) in [7, 11) is 1.80. The van der Waals surface area contributed by atoms with Crippen LogP contribution in [0, 0.1) is 0 Å². The van der Waals surface area contributed by atoms with Gasteiger partial charge in [-0.05, 0) is 19.2 Å². The second kappa shape index (κ2) is 8.00. The lowest BCUT2D eigenvalue weighted by Gasteiger charge is -2.34. The van der Waals surface area contributed by atoms with Gasteiger partial charge in [0.1, 0.15) is 6.04 Å². The molecular weight excluding hydrogens is 290 g/mol. The Morgan fingerprint density at radius 1 is 1.43 bits per heavy atom. The van der Waals surface area contributed by atoms with Crippen molar-refractivity contribution in [3.05, 3.63) is 0 Å². The first-order valence-corrected chi connectivity index (χ1v) is 8.76. The maximum atomic E-state index is 12.8. The fourth-order valence-corrected chi connectivity index (χ4v) is 3.58. The first-order valence-electron chi connectivity index (χ1n) is 7.61. The molecule has 6 nitrogen and oxygen atoms in total. The molecule has 21 heavy (non-hydrogen) atoms. The largest absolute Gasteiger partial charge is 0.378 e. The third-order valence-corrected chi connectivity index (χ3v) is 5.01. The normalized spacial score (nSPS) is 24.5. The average molecular weight is 315 g/mol. The van der Waals surface area contributed by atoms with Gasteiger partial charge in [-0.25, -0.2) is 0 Å². The minimum absolute atomic E-state index is 0.0563. The van der Waals surface area contributed by atoms with Crippen molar-refractivity contribution < 1.29 is 14.3 Å². The summed E-state index contributed by atoms with van der Waals surface area (Å²) in [6.07, 6.45) is 0.777. The smallest absolute Gasteiger partial charge is 0.246 e. The number of hydrogen-bond acceptors (Lipinski definition) is 5. The number of hydrogen-bond donors (Lipinski definition) is 1. The molecule has 0 spiro atoms. The summed E-state index contributed by atoms with van der Waals surface area (Å²) in [5.74, 6) is 1.75. The van der Waals surface area contributed by atoms with Crippen molar-refractivity contribution in [2.45, 2.75) is 25.4 Å². The van der Waals surface area contributed by atoms with Gasteiger partial charge in [-0.2, -0.15) is 11.8 Å². The lowest BCUT2D eigenvalue weighted by molar-refractivity contribution is -0.145. The number of thioether (sulfide) groups is 1. The van der Waals surface area contributed by atoms with Gasteiger partial charge in [0.15, 0.2) is 0 Å². The number of carbonyl (C=O) groups is 2. The van der Waals surface area contributed by atoms with Crippen LogP contribution in [0.3, 0.4) is 0 Å². The Morgan fingerprint density at radius 2 is 2.14 bits per heavy atom. The predicted molar refractivity (Wildman–Crippen MR) is 83.4 cm³/mol. The molecule has 0 bridgehead atoms. The Labute approximate surface area is 130 Å². The Bertz CT molecular complexity index is 374. The standard InChI is InChI=1S/C14H25N3O3S/c1-3-21-10-12(14(19)16-6-8-20-9-7-16)17-5-4-11(15-2)13(17)18/h11-12,15H,3-10H2,1-2H3/t11-,12-/m0/s1. The van der Waals surface area contributed by atoms with Gasteiger partial charge >= 0.3 is 0 Å². The zero-order valence-electron chi connectivity index (χ0n) is 12.8. The highest BCUT2D eigenvalue weighted by Gasteiger charge is 2.39. The van der Waals surface area contributed by atoms with Crippen LogP contribution in [-0.4, -0.2) is 85.1 Å². The second-order valence-electron chi connectivity index (χ2n) is 5.27. The Kier molecular flexibility index (Phi) is 6.32. The highest BCUT2D eigenvalue weighted by atomic mass is 32.2. The molecule has 7 heteroatoms. The number of likely N-dealkylation sites (N-methyl/N-ethyl adjacent to an activating group) is 1. The maximum absolute atomic E-state index is 12.8. The first-order chi connectivity index (χ1) is 10.2. The lowest BCUT2D eigenvalue weighted by atomic mass is 10.2. The number of nitrogens with one attached hydrogen (secondary N) is 1. The lowest BCUT2D eigenvalue weighted by Crippen LogP contribution is -2.54. The summed E-state index contributed by atoms with van der Waals surface area (Å²) in [6.45, 7) is 5.17. The number of nitrogens with zero attached hydrogens (tertiary/aromatic N) is 2. The number of morpholine rings is 1. The molecule has 2 saturated heterocycles. The van der Waals surface area contributed by atoms with Crippen LogP contribution >= 0.6 is 11.8 Å². The van der Waals surface area contributed by atoms with E-state index in [1.54, 1.807) is 23.7 Å². The summed E-state index contributed by atoms with van der Waals surface area (Å²) in [4.78, 5) is 28.8. The van der Waals surface area contributed by atoms with Crippen molar-refractivity contribution >= 4 is 23.6 Å². The van der Waals surface area contributed by atoms with E-state index in [1.807, 2.05) is 4.90 Å². The zero-order valence-corrected chi connectivity index (χ0v) is 13.7. The van der Waals surface area contributed by atoms with E-state index >= 15 is 0 Å². The molecule has 0 aliphatic carbocycles. The van der Waals surface area contributed by atoms with Crippen LogP contribution in [0.25, 0.3) is 0 Å². The van der Waals surface area contributed by atoms with E-state index in [4.69, 9.17) is 4.74 Å². The third-order valence-electron chi connectivity index (χ3n) is 4.05. The van der Waals surface area contributed by atoms with Crippen LogP contribution in [0.5, 0.6) is 0 Å². The fourth-order valence-electron chi connectivity index (χ4n) is 2.80. The molecule has 1 N–H and O–H groups in total. The summed E-state index contributed by atoms with van der Waals surface area (Å²) in [5, 5.41) is 3.03. The van der Waals surface area contributed by atoms with E-state index in [0.717, 1.165) is 12.2 Å². The van der Waals surface area contributed by atoms with E-state index in [-0.39, 0.29) is 23.9 Å². The molecule has 2 atom stereocenters. The van der Waals surface area contributed by atoms with Crippen LogP contribution < -0.4 is 5.32 Å². The predicted octanol–water partition coefficient (Wildman–Crippen LogP) is -0.213. The van der Waals surface area contributed by atoms with Gasteiger partial charge in [0.2, 0.25) is 11.8 Å². The quantitative estimate of drug-likeness (QED) is 0.735. The van der Waals surface area contributed by atoms with Crippen molar-refractivity contribution in [1.82, 2.24) is 15.1 Å². The van der Waals surface area contributed by atoms with E-state index in [1.165, 1.54) is 0 Å². The molecule has 0 aromatic heterocycles. The third kappa shape index (κ3) is 3.90. The topological polar surface area (TPSA) is 61.9 Å². The van der Waals surface area contributed by atoms with Crippen LogP contribution in [-0.2, 0) is 14.3 Å². The van der Waals surface area contributed by atoms with E-state index in [2.05, 4.69) is 12.2 Å². The van der Waals surface area contributed by atoms with Crippen molar-refractivity contribution in [3.63, 3.8) is 0 Å². The zero-order chi connectivity index (χ0) is 15.2. The number of likely N-dealkylation sites (tertiary alicyclic amines) is 1. The van der Waals surface area contributed by atoms with Crippen molar-refractivity contribution in [2.24, 2.45) is 0 Å². The summed E-state index contributed by atoms with van der Waals surface area (Å²) >= 11 is 1.71. The molecule has 0 aromatic rings. The number of ether oxygens (including phenoxy) is 1. The molecule has 120 valence electrons. The van der Waals surface area contributed by atoms with Gasteiger partial charge < -0.3 is 19.9 Å². The highest BCUT2D eigenvalue weighted by Crippen LogP contribution is 2.20. The van der Waals surface area contributed by atoms with E-state index in [0.29, 0.717) is 38.6 Å². The van der Waals surface area contributed by atoms with Crippen LogP contribution in [0.15, 0.2) is 0 Å². The van der Waals surface area contributed by atoms with Gasteiger partial charge in [-0.3, -0.25) is 9.59 Å². The molecule has 2 fully saturated rings. The maximum Gasteiger partial charge on any atom is 0.246 e.